The number of piperidine rings is 1. The molecular weight excluding hydrogens is 288 g/mol. The maximum absolute atomic E-state index is 11.9. The lowest BCUT2D eigenvalue weighted by molar-refractivity contribution is 0.0512. The van der Waals surface area contributed by atoms with Crippen molar-refractivity contribution in [3.05, 3.63) is 11.1 Å². The number of hydrogen-bond donors (Lipinski definition) is 2. The molecule has 0 aromatic carbocycles. The van der Waals surface area contributed by atoms with E-state index in [0.29, 0.717) is 18.0 Å². The molecule has 2 N–H and O–H groups in total. The van der Waals surface area contributed by atoms with Crippen molar-refractivity contribution in [1.82, 2.24) is 20.2 Å². The third-order valence-corrected chi connectivity index (χ3v) is 3.99. The number of nitrogens with zero attached hydrogens (tertiary/aromatic N) is 2. The lowest BCUT2D eigenvalue weighted by Crippen LogP contribution is -2.47. The third-order valence-electron chi connectivity index (χ3n) is 3.32. The molecule has 19 heavy (non-hydrogen) atoms. The first-order valence-electron chi connectivity index (χ1n) is 6.01. The Morgan fingerprint density at radius 3 is 2.89 bits per heavy atom. The summed E-state index contributed by atoms with van der Waals surface area (Å²) in [4.78, 5) is 12.4. The molecule has 1 aromatic heterocycles. The fourth-order valence-corrected chi connectivity index (χ4v) is 2.69. The zero-order valence-corrected chi connectivity index (χ0v) is 12.5. The summed E-state index contributed by atoms with van der Waals surface area (Å²) in [6.45, 7) is 3.26. The van der Waals surface area contributed by atoms with Crippen LogP contribution >= 0.6 is 23.9 Å². The molecule has 1 fully saturated rings. The summed E-state index contributed by atoms with van der Waals surface area (Å²) in [5.74, 6) is -0.0981. The molecule has 0 unspecified atom stereocenters. The van der Waals surface area contributed by atoms with Crippen molar-refractivity contribution in [3.8, 4) is 0 Å². The number of methoxy groups -OCH3 is 1. The minimum atomic E-state index is -0.0981. The first-order valence-corrected chi connectivity index (χ1v) is 6.78. The second kappa shape index (κ2) is 7.74. The van der Waals surface area contributed by atoms with Crippen molar-refractivity contribution >= 4 is 29.8 Å². The lowest BCUT2D eigenvalue weighted by Gasteiger charge is -2.37. The summed E-state index contributed by atoms with van der Waals surface area (Å²) in [6.07, 6.45) is 3.52. The Bertz CT molecular complexity index is 377. The smallest absolute Gasteiger partial charge is 0.264 e. The fourth-order valence-electron chi connectivity index (χ4n) is 2.26. The molecule has 8 heteroatoms. The summed E-state index contributed by atoms with van der Waals surface area (Å²) in [6, 6.07) is 0. The largest absolute Gasteiger partial charge is 0.384 e. The van der Waals surface area contributed by atoms with E-state index >= 15 is 0 Å². The van der Waals surface area contributed by atoms with Crippen LogP contribution in [0.25, 0.3) is 0 Å². The molecule has 1 aromatic rings. The number of carbonyl (C=O) groups excluding carboxylic acids is 1. The number of aromatic nitrogens is 2. The number of nitrogens with one attached hydrogen (secondary N) is 2. The van der Waals surface area contributed by atoms with Gasteiger partial charge in [0.05, 0.1) is 12.8 Å². The molecule has 0 saturated carbocycles. The Morgan fingerprint density at radius 1 is 1.58 bits per heavy atom. The van der Waals surface area contributed by atoms with Gasteiger partial charge in [-0.2, -0.15) is 0 Å². The van der Waals surface area contributed by atoms with Gasteiger partial charge >= 0.3 is 0 Å². The van der Waals surface area contributed by atoms with Gasteiger partial charge in [0.25, 0.3) is 5.91 Å². The Morgan fingerprint density at radius 2 is 2.32 bits per heavy atom. The number of ether oxygens (including phenoxy) is 1. The minimum Gasteiger partial charge on any atom is -0.384 e. The van der Waals surface area contributed by atoms with Crippen LogP contribution in [0.15, 0.2) is 6.20 Å². The molecule has 108 valence electrons. The molecule has 0 bridgehead atoms. The van der Waals surface area contributed by atoms with Crippen molar-refractivity contribution in [1.29, 1.82) is 0 Å². The Kier molecular flexibility index (Phi) is 6.64. The molecule has 2 rings (SSSR count). The average molecular weight is 307 g/mol. The fraction of sp³-hybridized carbons (Fsp3) is 0.727. The molecular formula is C11H19ClN4O2S. The van der Waals surface area contributed by atoms with Crippen molar-refractivity contribution in [2.75, 3.05) is 33.4 Å². The van der Waals surface area contributed by atoms with E-state index in [-0.39, 0.29) is 23.7 Å². The minimum absolute atomic E-state index is 0. The van der Waals surface area contributed by atoms with Gasteiger partial charge in [-0.15, -0.1) is 17.5 Å². The van der Waals surface area contributed by atoms with E-state index in [4.69, 9.17) is 4.74 Å². The highest BCUT2D eigenvalue weighted by Gasteiger charge is 2.32. The summed E-state index contributed by atoms with van der Waals surface area (Å²) in [7, 11) is 1.71. The number of halogens is 1. The van der Waals surface area contributed by atoms with Crippen LogP contribution in [0, 0.1) is 5.41 Å². The molecule has 0 aliphatic carbocycles. The normalized spacial score (nSPS) is 17.5. The topological polar surface area (TPSA) is 76.1 Å². The van der Waals surface area contributed by atoms with Crippen LogP contribution in [0.2, 0.25) is 0 Å². The summed E-state index contributed by atoms with van der Waals surface area (Å²) < 4.78 is 8.99. The zero-order chi connectivity index (χ0) is 12.8. The van der Waals surface area contributed by atoms with Crippen LogP contribution < -0.4 is 10.6 Å². The van der Waals surface area contributed by atoms with Crippen LogP contribution in [0.3, 0.4) is 0 Å². The zero-order valence-electron chi connectivity index (χ0n) is 10.8. The lowest BCUT2D eigenvalue weighted by atomic mass is 9.79. The Hall–Kier alpha value is -0.760. The molecule has 1 amide bonds. The van der Waals surface area contributed by atoms with E-state index in [0.717, 1.165) is 37.5 Å². The van der Waals surface area contributed by atoms with Gasteiger partial charge < -0.3 is 15.4 Å². The monoisotopic (exact) mass is 306 g/mol. The standard InChI is InChI=1S/C11H18N4O2S.ClH/c1-17-8-11(2-4-12-5-3-11)7-13-10(16)9-6-14-15-18-9;/h6,12H,2-5,7-8H2,1H3,(H,13,16);1H. The molecule has 0 spiro atoms. The molecule has 0 atom stereocenters. The van der Waals surface area contributed by atoms with E-state index in [1.54, 1.807) is 7.11 Å². The van der Waals surface area contributed by atoms with Crippen LogP contribution in [-0.2, 0) is 4.74 Å². The van der Waals surface area contributed by atoms with Crippen LogP contribution in [-0.4, -0.2) is 48.8 Å². The number of carbonyl (C=O) groups is 1. The van der Waals surface area contributed by atoms with E-state index < -0.39 is 0 Å². The first kappa shape index (κ1) is 16.3. The van der Waals surface area contributed by atoms with Crippen molar-refractivity contribution < 1.29 is 9.53 Å². The molecule has 1 aliphatic heterocycles. The van der Waals surface area contributed by atoms with Crippen molar-refractivity contribution in [2.24, 2.45) is 5.41 Å². The van der Waals surface area contributed by atoms with Crippen LogP contribution in [0.4, 0.5) is 0 Å². The molecule has 0 radical (unpaired) electrons. The highest BCUT2D eigenvalue weighted by molar-refractivity contribution is 7.07. The number of rotatable bonds is 5. The average Bonchev–Trinajstić information content (AvgIpc) is 2.91. The van der Waals surface area contributed by atoms with Gasteiger partial charge in [-0.05, 0) is 37.5 Å². The van der Waals surface area contributed by atoms with Crippen LogP contribution in [0.5, 0.6) is 0 Å². The summed E-state index contributed by atoms with van der Waals surface area (Å²) in [5.41, 5.74) is 0.0494. The molecule has 1 aliphatic rings. The highest BCUT2D eigenvalue weighted by Crippen LogP contribution is 2.28. The Labute approximate surface area is 122 Å². The van der Waals surface area contributed by atoms with E-state index in [1.807, 2.05) is 0 Å². The molecule has 6 nitrogen and oxygen atoms in total. The van der Waals surface area contributed by atoms with Gasteiger partial charge in [0.1, 0.15) is 4.88 Å². The van der Waals surface area contributed by atoms with Gasteiger partial charge in [-0.25, -0.2) is 0 Å². The van der Waals surface area contributed by atoms with Gasteiger partial charge in [-0.1, -0.05) is 4.49 Å². The maximum Gasteiger partial charge on any atom is 0.264 e. The van der Waals surface area contributed by atoms with Crippen molar-refractivity contribution in [2.45, 2.75) is 12.8 Å². The first-order chi connectivity index (χ1) is 8.76. The van der Waals surface area contributed by atoms with E-state index in [2.05, 4.69) is 20.2 Å². The van der Waals surface area contributed by atoms with Crippen molar-refractivity contribution in [3.63, 3.8) is 0 Å². The van der Waals surface area contributed by atoms with E-state index in [1.165, 1.54) is 6.20 Å². The second-order valence-electron chi connectivity index (χ2n) is 4.65. The van der Waals surface area contributed by atoms with Gasteiger partial charge in [-0.3, -0.25) is 4.79 Å². The quantitative estimate of drug-likeness (QED) is 0.838. The molecule has 1 saturated heterocycles. The number of amides is 1. The van der Waals surface area contributed by atoms with Gasteiger partial charge in [0.2, 0.25) is 0 Å². The molecule has 2 heterocycles. The SMILES string of the molecule is COCC1(CNC(=O)c2cnns2)CCNCC1.Cl. The van der Waals surface area contributed by atoms with Crippen LogP contribution in [0.1, 0.15) is 22.5 Å². The highest BCUT2D eigenvalue weighted by atomic mass is 35.5. The summed E-state index contributed by atoms with van der Waals surface area (Å²) in [5, 5.41) is 9.96. The predicted octanol–water partition coefficient (Wildman–Crippen LogP) is 0.706. The third kappa shape index (κ3) is 4.38. The predicted molar refractivity (Wildman–Crippen MR) is 75.9 cm³/mol. The van der Waals surface area contributed by atoms with Gasteiger partial charge in [0, 0.05) is 19.1 Å². The maximum atomic E-state index is 11.9. The van der Waals surface area contributed by atoms with Gasteiger partial charge in [0.15, 0.2) is 0 Å². The van der Waals surface area contributed by atoms with E-state index in [9.17, 15) is 4.79 Å². The second-order valence-corrected chi connectivity index (χ2v) is 5.43. The number of hydrogen-bond acceptors (Lipinski definition) is 6. The Balaban J connectivity index is 0.00000180. The summed E-state index contributed by atoms with van der Waals surface area (Å²) >= 11 is 1.11.